The quantitative estimate of drug-likeness (QED) is 0.240. The van der Waals surface area contributed by atoms with Gasteiger partial charge in [-0.05, 0) is 31.0 Å². The van der Waals surface area contributed by atoms with Crippen molar-refractivity contribution in [3.8, 4) is 0 Å². The van der Waals surface area contributed by atoms with E-state index in [0.717, 1.165) is 5.56 Å². The molecule has 0 saturated carbocycles. The molecule has 0 fully saturated rings. The smallest absolute Gasteiger partial charge is 0.292 e. The Bertz CT molecular complexity index is 605. The van der Waals surface area contributed by atoms with Crippen LogP contribution in [0.1, 0.15) is 11.1 Å². The molecule has 0 atom stereocenters. The van der Waals surface area contributed by atoms with Crippen molar-refractivity contribution in [1.82, 2.24) is 0 Å². The Morgan fingerprint density at radius 1 is 1.15 bits per heavy atom. The van der Waals surface area contributed by atoms with Gasteiger partial charge in [-0.2, -0.15) is 0 Å². The van der Waals surface area contributed by atoms with E-state index in [1.54, 1.807) is 13.8 Å². The predicted octanol–water partition coefficient (Wildman–Crippen LogP) is -0.993. The fraction of sp³-hybridized carbons (Fsp3) is 0.167. The Kier molecular flexibility index (Phi) is 4.42. The number of nitro groups is 1. The maximum absolute atomic E-state index is 10.9. The zero-order valence-electron chi connectivity index (χ0n) is 10.6. The van der Waals surface area contributed by atoms with Crippen molar-refractivity contribution in [2.24, 2.45) is 0 Å². The van der Waals surface area contributed by atoms with Crippen molar-refractivity contribution in [2.45, 2.75) is 13.8 Å². The number of aliphatic carboxylic acids is 2. The van der Waals surface area contributed by atoms with E-state index in [9.17, 15) is 29.9 Å². The molecular formula is C12H10N2O6-2. The lowest BCUT2D eigenvalue weighted by molar-refractivity contribution is -0.384. The number of carbonyl (C=O) groups excluding carboxylic acids is 2. The van der Waals surface area contributed by atoms with Gasteiger partial charge in [0.2, 0.25) is 0 Å². The molecule has 0 aromatic heterocycles. The lowest BCUT2D eigenvalue weighted by atomic mass is 10.1. The maximum Gasteiger partial charge on any atom is 0.292 e. The molecule has 0 amide bonds. The summed E-state index contributed by atoms with van der Waals surface area (Å²) in [6.45, 7) is 3.38. The van der Waals surface area contributed by atoms with E-state index in [0.29, 0.717) is 11.8 Å². The largest absolute Gasteiger partial charge is 0.545 e. The van der Waals surface area contributed by atoms with E-state index in [4.69, 9.17) is 0 Å². The van der Waals surface area contributed by atoms with E-state index < -0.39 is 22.4 Å². The Labute approximate surface area is 113 Å². The minimum absolute atomic E-state index is 0.0295. The molecule has 8 nitrogen and oxygen atoms in total. The highest BCUT2D eigenvalue weighted by atomic mass is 16.6. The van der Waals surface area contributed by atoms with Crippen LogP contribution in [0.5, 0.6) is 0 Å². The average molecular weight is 278 g/mol. The number of nitrogens with zero attached hydrogens (tertiary/aromatic N) is 1. The molecule has 0 aliphatic heterocycles. The van der Waals surface area contributed by atoms with E-state index in [2.05, 4.69) is 5.32 Å². The van der Waals surface area contributed by atoms with Crippen molar-refractivity contribution in [3.63, 3.8) is 0 Å². The molecule has 0 saturated heterocycles. The normalized spacial score (nSPS) is 9.70. The minimum atomic E-state index is -1.95. The van der Waals surface area contributed by atoms with Crippen LogP contribution in [0.4, 0.5) is 11.4 Å². The first-order valence-electron chi connectivity index (χ1n) is 5.39. The molecule has 1 rings (SSSR count). The molecule has 1 N–H and O–H groups in total. The Balaban J connectivity index is 3.24. The third-order valence-corrected chi connectivity index (χ3v) is 2.62. The third-order valence-electron chi connectivity index (χ3n) is 2.62. The first-order chi connectivity index (χ1) is 9.23. The topological polar surface area (TPSA) is 135 Å². The number of benzene rings is 1. The monoisotopic (exact) mass is 278 g/mol. The molecule has 0 aliphatic carbocycles. The zero-order chi connectivity index (χ0) is 15.4. The molecular weight excluding hydrogens is 268 g/mol. The van der Waals surface area contributed by atoms with Crippen molar-refractivity contribution in [3.05, 3.63) is 45.1 Å². The van der Waals surface area contributed by atoms with Gasteiger partial charge in [-0.1, -0.05) is 0 Å². The van der Waals surface area contributed by atoms with Crippen LogP contribution in [-0.4, -0.2) is 16.9 Å². The molecule has 8 heteroatoms. The Morgan fingerprint density at radius 3 is 2.10 bits per heavy atom. The molecule has 1 aromatic carbocycles. The second-order valence-corrected chi connectivity index (χ2v) is 3.99. The molecule has 1 aromatic rings. The summed E-state index contributed by atoms with van der Waals surface area (Å²) >= 11 is 0. The van der Waals surface area contributed by atoms with Crippen LogP contribution >= 0.6 is 0 Å². The lowest BCUT2D eigenvalue weighted by Crippen LogP contribution is -2.36. The molecule has 20 heavy (non-hydrogen) atoms. The van der Waals surface area contributed by atoms with Crippen molar-refractivity contribution in [1.29, 1.82) is 0 Å². The minimum Gasteiger partial charge on any atom is -0.545 e. The van der Waals surface area contributed by atoms with Gasteiger partial charge in [-0.15, -0.1) is 0 Å². The van der Waals surface area contributed by atoms with Crippen molar-refractivity contribution >= 4 is 23.3 Å². The van der Waals surface area contributed by atoms with E-state index in [-0.39, 0.29) is 11.4 Å². The molecule has 0 radical (unpaired) electrons. The zero-order valence-corrected chi connectivity index (χ0v) is 10.6. The van der Waals surface area contributed by atoms with Crippen LogP contribution in [0, 0.1) is 24.0 Å². The summed E-state index contributed by atoms with van der Waals surface area (Å²) in [4.78, 5) is 31.3. The number of hydrogen-bond acceptors (Lipinski definition) is 7. The van der Waals surface area contributed by atoms with Crippen molar-refractivity contribution < 1.29 is 24.7 Å². The van der Waals surface area contributed by atoms with Gasteiger partial charge in [0.1, 0.15) is 5.69 Å². The van der Waals surface area contributed by atoms with Gasteiger partial charge in [0.25, 0.3) is 5.69 Å². The van der Waals surface area contributed by atoms with Gasteiger partial charge in [-0.25, -0.2) is 0 Å². The molecule has 0 spiro atoms. The van der Waals surface area contributed by atoms with E-state index in [1.807, 2.05) is 0 Å². The molecule has 0 bridgehead atoms. The predicted molar refractivity (Wildman–Crippen MR) is 64.3 cm³/mol. The highest BCUT2D eigenvalue weighted by Gasteiger charge is 2.15. The number of anilines is 1. The van der Waals surface area contributed by atoms with Gasteiger partial charge in [0.05, 0.1) is 16.9 Å². The SMILES string of the molecule is Cc1cc(NC=C(C(=O)[O-])C(=O)[O-])c([N+](=O)[O-])cc1C. The number of carboxylic acid groups (broad SMARTS) is 2. The lowest BCUT2D eigenvalue weighted by Gasteiger charge is -2.11. The summed E-state index contributed by atoms with van der Waals surface area (Å²) in [5.74, 6) is -3.91. The average Bonchev–Trinajstić information content (AvgIpc) is 2.32. The summed E-state index contributed by atoms with van der Waals surface area (Å²) in [6.07, 6.45) is 0.585. The molecule has 106 valence electrons. The summed E-state index contributed by atoms with van der Waals surface area (Å²) in [7, 11) is 0. The first kappa shape index (κ1) is 15.2. The van der Waals surface area contributed by atoms with Crippen LogP contribution < -0.4 is 15.5 Å². The van der Waals surface area contributed by atoms with Crippen molar-refractivity contribution in [2.75, 3.05) is 5.32 Å². The van der Waals surface area contributed by atoms with Crippen LogP contribution in [-0.2, 0) is 9.59 Å². The van der Waals surface area contributed by atoms with Gasteiger partial charge in [0, 0.05) is 17.8 Å². The van der Waals surface area contributed by atoms with Gasteiger partial charge in [0.15, 0.2) is 0 Å². The third kappa shape index (κ3) is 3.31. The van der Waals surface area contributed by atoms with Gasteiger partial charge >= 0.3 is 0 Å². The van der Waals surface area contributed by atoms with Crippen LogP contribution in [0.3, 0.4) is 0 Å². The summed E-state index contributed by atoms with van der Waals surface area (Å²) in [6, 6.07) is 2.70. The first-order valence-corrected chi connectivity index (χ1v) is 5.39. The second-order valence-electron chi connectivity index (χ2n) is 3.99. The number of carbonyl (C=O) groups is 2. The van der Waals surface area contributed by atoms with Crippen LogP contribution in [0.2, 0.25) is 0 Å². The summed E-state index contributed by atoms with van der Waals surface area (Å²) in [5, 5.41) is 34.2. The standard InChI is InChI=1S/C12H12N2O6/c1-6-3-9(10(14(19)20)4-7(6)2)13-5-8(11(15)16)12(17)18/h3-5,13H,1-2H3,(H,15,16)(H,17,18)/p-2. The Hall–Kier alpha value is -2.90. The fourth-order valence-electron chi connectivity index (χ4n) is 1.42. The fourth-order valence-corrected chi connectivity index (χ4v) is 1.42. The molecule has 0 heterocycles. The number of nitro benzene ring substituents is 1. The van der Waals surface area contributed by atoms with Gasteiger partial charge < -0.3 is 25.1 Å². The van der Waals surface area contributed by atoms with Gasteiger partial charge in [-0.3, -0.25) is 10.1 Å². The highest BCUT2D eigenvalue weighted by molar-refractivity contribution is 6.10. The second kappa shape index (κ2) is 5.83. The number of carboxylic acids is 2. The van der Waals surface area contributed by atoms with E-state index >= 15 is 0 Å². The summed E-state index contributed by atoms with van der Waals surface area (Å²) in [5.41, 5.74) is -0.0859. The molecule has 0 unspecified atom stereocenters. The highest BCUT2D eigenvalue weighted by Crippen LogP contribution is 2.28. The number of rotatable bonds is 5. The Morgan fingerprint density at radius 2 is 1.65 bits per heavy atom. The van der Waals surface area contributed by atoms with E-state index in [1.165, 1.54) is 12.1 Å². The number of nitrogens with one attached hydrogen (secondary N) is 1. The summed E-state index contributed by atoms with van der Waals surface area (Å²) < 4.78 is 0. The number of aryl methyl sites for hydroxylation is 2. The van der Waals surface area contributed by atoms with Crippen LogP contribution in [0.15, 0.2) is 23.9 Å². The number of hydrogen-bond donors (Lipinski definition) is 1. The molecule has 0 aliphatic rings. The maximum atomic E-state index is 10.9. The van der Waals surface area contributed by atoms with Crippen LogP contribution in [0.25, 0.3) is 0 Å².